The van der Waals surface area contributed by atoms with Crippen LogP contribution < -0.4 is 5.32 Å². The topological polar surface area (TPSA) is 35.8 Å². The molecule has 0 radical (unpaired) electrons. The van der Waals surface area contributed by atoms with Crippen molar-refractivity contribution in [1.82, 2.24) is 5.32 Å². The van der Waals surface area contributed by atoms with E-state index >= 15 is 0 Å². The maximum Gasteiger partial charge on any atom is 0.114 e. The second-order valence-corrected chi connectivity index (χ2v) is 2.30. The molecule has 1 fully saturated rings. The van der Waals surface area contributed by atoms with E-state index < -0.39 is 6.17 Å². The summed E-state index contributed by atoms with van der Waals surface area (Å²) in [6, 6.07) is 2.10. The van der Waals surface area contributed by atoms with Gasteiger partial charge in [-0.05, 0) is 6.42 Å². The number of hydrogen-bond acceptors (Lipinski definition) is 2. The van der Waals surface area contributed by atoms with Gasteiger partial charge in [-0.3, -0.25) is 0 Å². The maximum absolute atomic E-state index is 12.3. The molecule has 9 heavy (non-hydrogen) atoms. The zero-order valence-electron chi connectivity index (χ0n) is 5.10. The third-order valence-electron chi connectivity index (χ3n) is 1.51. The number of rotatable bonds is 1. The second-order valence-electron chi connectivity index (χ2n) is 2.30. The number of halogens is 1. The predicted octanol–water partition coefficient (Wildman–Crippen LogP) is 0.600. The van der Waals surface area contributed by atoms with Crippen molar-refractivity contribution in [2.45, 2.75) is 25.1 Å². The smallest absolute Gasteiger partial charge is 0.114 e. The minimum atomic E-state index is -0.733. The summed E-state index contributed by atoms with van der Waals surface area (Å²) < 4.78 is 12.3. The normalized spacial score (nSPS) is 34.2. The minimum Gasteiger partial charge on any atom is -0.310 e. The summed E-state index contributed by atoms with van der Waals surface area (Å²) in [5.74, 6) is 0. The van der Waals surface area contributed by atoms with Gasteiger partial charge in [0.25, 0.3) is 0 Å². The van der Waals surface area contributed by atoms with Crippen molar-refractivity contribution in [3.8, 4) is 6.07 Å². The van der Waals surface area contributed by atoms with Crippen LogP contribution in [0.25, 0.3) is 0 Å². The van der Waals surface area contributed by atoms with Gasteiger partial charge in [0.05, 0.1) is 12.5 Å². The first-order chi connectivity index (χ1) is 4.33. The summed E-state index contributed by atoms with van der Waals surface area (Å²) in [6.07, 6.45) is 0.205. The lowest BCUT2D eigenvalue weighted by Crippen LogP contribution is -2.20. The Kier molecular flexibility index (Phi) is 2.01. The molecule has 2 nitrogen and oxygen atoms in total. The second kappa shape index (κ2) is 2.79. The van der Waals surface area contributed by atoms with E-state index in [1.165, 1.54) is 0 Å². The van der Waals surface area contributed by atoms with E-state index in [0.29, 0.717) is 19.4 Å². The number of nitriles is 1. The molecule has 3 heteroatoms. The van der Waals surface area contributed by atoms with Gasteiger partial charge in [-0.25, -0.2) is 4.39 Å². The van der Waals surface area contributed by atoms with Crippen molar-refractivity contribution < 1.29 is 4.39 Å². The van der Waals surface area contributed by atoms with E-state index in [0.717, 1.165) is 0 Å². The summed E-state index contributed by atoms with van der Waals surface area (Å²) >= 11 is 0. The van der Waals surface area contributed by atoms with E-state index in [4.69, 9.17) is 5.26 Å². The average molecular weight is 128 g/mol. The van der Waals surface area contributed by atoms with Crippen LogP contribution in [-0.2, 0) is 0 Å². The summed E-state index contributed by atoms with van der Waals surface area (Å²) in [6.45, 7) is 0.423. The van der Waals surface area contributed by atoms with Crippen LogP contribution in [0.15, 0.2) is 0 Å². The Morgan fingerprint density at radius 1 is 1.78 bits per heavy atom. The number of nitrogens with zero attached hydrogens (tertiary/aromatic N) is 1. The summed E-state index contributed by atoms with van der Waals surface area (Å²) in [4.78, 5) is 0. The van der Waals surface area contributed by atoms with Gasteiger partial charge in [0, 0.05) is 12.6 Å². The third kappa shape index (κ3) is 1.65. The maximum atomic E-state index is 12.3. The zero-order chi connectivity index (χ0) is 6.69. The van der Waals surface area contributed by atoms with E-state index in [9.17, 15) is 4.39 Å². The van der Waals surface area contributed by atoms with Gasteiger partial charge in [-0.1, -0.05) is 0 Å². The molecule has 1 rings (SSSR count). The van der Waals surface area contributed by atoms with Crippen LogP contribution in [0.3, 0.4) is 0 Å². The first kappa shape index (κ1) is 6.50. The van der Waals surface area contributed by atoms with Gasteiger partial charge in [-0.2, -0.15) is 5.26 Å². The van der Waals surface area contributed by atoms with Crippen molar-refractivity contribution in [1.29, 1.82) is 5.26 Å². The molecule has 0 spiro atoms. The monoisotopic (exact) mass is 128 g/mol. The first-order valence-electron chi connectivity index (χ1n) is 3.07. The van der Waals surface area contributed by atoms with Crippen LogP contribution in [0.2, 0.25) is 0 Å². The highest BCUT2D eigenvalue weighted by Gasteiger charge is 2.22. The van der Waals surface area contributed by atoms with E-state index in [1.54, 1.807) is 0 Å². The van der Waals surface area contributed by atoms with E-state index in [2.05, 4.69) is 5.32 Å². The molecule has 1 N–H and O–H groups in total. The summed E-state index contributed by atoms with van der Waals surface area (Å²) in [5, 5.41) is 11.1. The molecule has 1 aliphatic rings. The molecule has 0 bridgehead atoms. The molecule has 0 saturated carbocycles. The van der Waals surface area contributed by atoms with Crippen molar-refractivity contribution in [2.75, 3.05) is 6.54 Å². The molecule has 1 heterocycles. The van der Waals surface area contributed by atoms with Gasteiger partial charge in [0.1, 0.15) is 6.17 Å². The minimum absolute atomic E-state index is 0.102. The van der Waals surface area contributed by atoms with Gasteiger partial charge >= 0.3 is 0 Å². The van der Waals surface area contributed by atoms with Crippen molar-refractivity contribution in [3.05, 3.63) is 0 Å². The fourth-order valence-corrected chi connectivity index (χ4v) is 1.04. The van der Waals surface area contributed by atoms with Gasteiger partial charge in [-0.15, -0.1) is 0 Å². The standard InChI is InChI=1S/C6H9FN2/c7-5-3-6(1-2-8)9-4-5/h5-6,9H,1,3-4H2. The molecule has 0 aliphatic carbocycles. The lowest BCUT2D eigenvalue weighted by molar-refractivity contribution is 0.355. The van der Waals surface area contributed by atoms with Crippen LogP contribution in [-0.4, -0.2) is 18.8 Å². The molecule has 0 aromatic carbocycles. The molecule has 50 valence electrons. The largest absolute Gasteiger partial charge is 0.310 e. The Hall–Kier alpha value is -0.620. The average Bonchev–Trinajstić information content (AvgIpc) is 2.17. The Morgan fingerprint density at radius 2 is 2.56 bits per heavy atom. The number of nitrogens with one attached hydrogen (secondary N) is 1. The molecule has 0 aromatic heterocycles. The van der Waals surface area contributed by atoms with Crippen LogP contribution in [0.4, 0.5) is 4.39 Å². The van der Waals surface area contributed by atoms with Crippen molar-refractivity contribution >= 4 is 0 Å². The molecule has 1 aliphatic heterocycles. The highest BCUT2D eigenvalue weighted by atomic mass is 19.1. The summed E-state index contributed by atoms with van der Waals surface area (Å²) in [7, 11) is 0. The molecular formula is C6H9FN2. The fourth-order valence-electron chi connectivity index (χ4n) is 1.04. The highest BCUT2D eigenvalue weighted by Crippen LogP contribution is 2.11. The lowest BCUT2D eigenvalue weighted by Gasteiger charge is -2.00. The van der Waals surface area contributed by atoms with Crippen LogP contribution in [0, 0.1) is 11.3 Å². The molecule has 1 saturated heterocycles. The van der Waals surface area contributed by atoms with Crippen molar-refractivity contribution in [3.63, 3.8) is 0 Å². The number of hydrogen-bond donors (Lipinski definition) is 1. The molecular weight excluding hydrogens is 119 g/mol. The van der Waals surface area contributed by atoms with E-state index in [-0.39, 0.29) is 6.04 Å². The molecule has 0 amide bonds. The quantitative estimate of drug-likeness (QED) is 0.561. The van der Waals surface area contributed by atoms with Gasteiger partial charge < -0.3 is 5.32 Å². The predicted molar refractivity (Wildman–Crippen MR) is 31.5 cm³/mol. The lowest BCUT2D eigenvalue weighted by atomic mass is 10.2. The fraction of sp³-hybridized carbons (Fsp3) is 0.833. The Labute approximate surface area is 53.7 Å². The first-order valence-corrected chi connectivity index (χ1v) is 3.07. The molecule has 2 unspecified atom stereocenters. The van der Waals surface area contributed by atoms with Gasteiger partial charge in [0.2, 0.25) is 0 Å². The molecule has 0 aromatic rings. The SMILES string of the molecule is N#CCC1CC(F)CN1. The Morgan fingerprint density at radius 3 is 3.00 bits per heavy atom. The zero-order valence-corrected chi connectivity index (χ0v) is 5.10. The van der Waals surface area contributed by atoms with E-state index in [1.807, 2.05) is 6.07 Å². The van der Waals surface area contributed by atoms with Crippen LogP contribution >= 0.6 is 0 Å². The van der Waals surface area contributed by atoms with Crippen LogP contribution in [0.5, 0.6) is 0 Å². The highest BCUT2D eigenvalue weighted by molar-refractivity contribution is 4.88. The van der Waals surface area contributed by atoms with Crippen LogP contribution in [0.1, 0.15) is 12.8 Å². The van der Waals surface area contributed by atoms with Gasteiger partial charge in [0.15, 0.2) is 0 Å². The van der Waals surface area contributed by atoms with Crippen molar-refractivity contribution in [2.24, 2.45) is 0 Å². The number of alkyl halides is 1. The third-order valence-corrected chi connectivity index (χ3v) is 1.51. The Bertz CT molecular complexity index is 130. The Balaban J connectivity index is 2.24. The molecule has 2 atom stereocenters. The summed E-state index contributed by atoms with van der Waals surface area (Å²) in [5.41, 5.74) is 0.